The van der Waals surface area contributed by atoms with E-state index >= 15 is 0 Å². The summed E-state index contributed by atoms with van der Waals surface area (Å²) >= 11 is 0. The van der Waals surface area contributed by atoms with Gasteiger partial charge in [0.25, 0.3) is 0 Å². The van der Waals surface area contributed by atoms with Crippen molar-refractivity contribution in [3.63, 3.8) is 0 Å². The van der Waals surface area contributed by atoms with Gasteiger partial charge in [-0.3, -0.25) is 0 Å². The van der Waals surface area contributed by atoms with Crippen molar-refractivity contribution in [1.29, 1.82) is 0 Å². The van der Waals surface area contributed by atoms with E-state index in [1.54, 1.807) is 18.3 Å². The lowest BCUT2D eigenvalue weighted by Gasteiger charge is -2.26. The molecule has 0 aromatic carbocycles. The predicted molar refractivity (Wildman–Crippen MR) is 70.9 cm³/mol. The highest BCUT2D eigenvalue weighted by Gasteiger charge is 2.30. The van der Waals surface area contributed by atoms with Crippen molar-refractivity contribution < 1.29 is 14.7 Å². The van der Waals surface area contributed by atoms with Crippen LogP contribution < -0.4 is 5.32 Å². The summed E-state index contributed by atoms with van der Waals surface area (Å²) in [6.07, 6.45) is 4.69. The van der Waals surface area contributed by atoms with Crippen LogP contribution in [0.3, 0.4) is 0 Å². The lowest BCUT2D eigenvalue weighted by atomic mass is 10.1. The van der Waals surface area contributed by atoms with Crippen LogP contribution in [0.15, 0.2) is 18.3 Å². The lowest BCUT2D eigenvalue weighted by molar-refractivity contribution is -0.142. The Kier molecular flexibility index (Phi) is 4.86. The van der Waals surface area contributed by atoms with E-state index in [1.807, 2.05) is 0 Å². The first-order valence-electron chi connectivity index (χ1n) is 6.72. The molecule has 20 heavy (non-hydrogen) atoms. The maximum absolute atomic E-state index is 12.1. The molecule has 2 N–H and O–H groups in total. The Hall–Kier alpha value is -2.18. The highest BCUT2D eigenvalue weighted by Crippen LogP contribution is 2.17. The highest BCUT2D eigenvalue weighted by molar-refractivity contribution is 5.82. The minimum Gasteiger partial charge on any atom is -0.480 e. The Labute approximate surface area is 117 Å². The van der Waals surface area contributed by atoms with Crippen LogP contribution in [0.5, 0.6) is 0 Å². The maximum Gasteiger partial charge on any atom is 0.326 e. The van der Waals surface area contributed by atoms with Crippen LogP contribution in [0.25, 0.3) is 0 Å². The molecular formula is C13H18N4O3. The zero-order chi connectivity index (χ0) is 14.4. The Morgan fingerprint density at radius 1 is 1.40 bits per heavy atom. The third-order valence-corrected chi connectivity index (χ3v) is 3.35. The average Bonchev–Trinajstić information content (AvgIpc) is 2.71. The van der Waals surface area contributed by atoms with Gasteiger partial charge in [-0.2, -0.15) is 10.2 Å². The van der Waals surface area contributed by atoms with E-state index in [2.05, 4.69) is 15.5 Å². The second-order valence-electron chi connectivity index (χ2n) is 4.77. The molecule has 1 aromatic heterocycles. The fourth-order valence-corrected chi connectivity index (χ4v) is 2.30. The Morgan fingerprint density at radius 3 is 2.95 bits per heavy atom. The number of nitrogens with one attached hydrogen (secondary N) is 1. The summed E-state index contributed by atoms with van der Waals surface area (Å²) in [7, 11) is 0. The fourth-order valence-electron chi connectivity index (χ4n) is 2.30. The number of carboxylic acids is 1. The molecule has 7 heteroatoms. The van der Waals surface area contributed by atoms with Crippen LogP contribution in [-0.2, 0) is 11.3 Å². The molecule has 1 saturated heterocycles. The van der Waals surface area contributed by atoms with Crippen molar-refractivity contribution in [2.24, 2.45) is 0 Å². The van der Waals surface area contributed by atoms with Gasteiger partial charge in [-0.25, -0.2) is 9.59 Å². The van der Waals surface area contributed by atoms with Crippen molar-refractivity contribution in [3.8, 4) is 0 Å². The third kappa shape index (κ3) is 3.66. The van der Waals surface area contributed by atoms with E-state index in [4.69, 9.17) is 0 Å². The summed E-state index contributed by atoms with van der Waals surface area (Å²) in [5.41, 5.74) is 0.641. The van der Waals surface area contributed by atoms with Crippen molar-refractivity contribution >= 4 is 12.0 Å². The van der Waals surface area contributed by atoms with Gasteiger partial charge in [0.05, 0.1) is 12.2 Å². The molecule has 0 bridgehead atoms. The smallest absolute Gasteiger partial charge is 0.326 e. The molecule has 2 amide bonds. The number of rotatable bonds is 3. The molecule has 1 atom stereocenters. The van der Waals surface area contributed by atoms with Crippen LogP contribution in [0, 0.1) is 0 Å². The van der Waals surface area contributed by atoms with Gasteiger partial charge in [0.1, 0.15) is 6.04 Å². The molecule has 1 unspecified atom stereocenters. The topological polar surface area (TPSA) is 95.4 Å². The van der Waals surface area contributed by atoms with Crippen molar-refractivity contribution in [1.82, 2.24) is 20.4 Å². The number of amides is 2. The number of urea groups is 1. The molecule has 0 aliphatic carbocycles. The van der Waals surface area contributed by atoms with Gasteiger partial charge < -0.3 is 15.3 Å². The predicted octanol–water partition coefficient (Wildman–Crippen LogP) is 1.02. The molecule has 2 rings (SSSR count). The van der Waals surface area contributed by atoms with Crippen LogP contribution in [0.1, 0.15) is 31.4 Å². The molecule has 1 fully saturated rings. The lowest BCUT2D eigenvalue weighted by Crippen LogP contribution is -2.49. The van der Waals surface area contributed by atoms with Crippen molar-refractivity contribution in [2.45, 2.75) is 38.3 Å². The molecular weight excluding hydrogens is 260 g/mol. The van der Waals surface area contributed by atoms with Gasteiger partial charge in [-0.15, -0.1) is 0 Å². The zero-order valence-electron chi connectivity index (χ0n) is 11.2. The van der Waals surface area contributed by atoms with Gasteiger partial charge in [-0.1, -0.05) is 12.8 Å². The monoisotopic (exact) mass is 278 g/mol. The molecule has 1 aliphatic heterocycles. The second-order valence-corrected chi connectivity index (χ2v) is 4.77. The molecule has 108 valence electrons. The van der Waals surface area contributed by atoms with Gasteiger partial charge in [0.15, 0.2) is 0 Å². The van der Waals surface area contributed by atoms with E-state index in [0.29, 0.717) is 18.7 Å². The van der Waals surface area contributed by atoms with E-state index < -0.39 is 12.0 Å². The van der Waals surface area contributed by atoms with Crippen molar-refractivity contribution in [2.75, 3.05) is 6.54 Å². The Bertz CT molecular complexity index is 466. The van der Waals surface area contributed by atoms with E-state index in [9.17, 15) is 14.7 Å². The second kappa shape index (κ2) is 6.83. The number of carbonyl (C=O) groups is 2. The van der Waals surface area contributed by atoms with Crippen molar-refractivity contribution in [3.05, 3.63) is 24.0 Å². The molecule has 1 aliphatic rings. The summed E-state index contributed by atoms with van der Waals surface area (Å²) in [6, 6.07) is 2.40. The van der Waals surface area contributed by atoms with Crippen LogP contribution in [-0.4, -0.2) is 44.8 Å². The largest absolute Gasteiger partial charge is 0.480 e. The molecule has 0 radical (unpaired) electrons. The SMILES string of the molecule is O=C(O)C1CCCCCN1C(=O)NCc1cccnn1. The third-order valence-electron chi connectivity index (χ3n) is 3.35. The molecule has 1 aromatic rings. The van der Waals surface area contributed by atoms with Crippen LogP contribution in [0.2, 0.25) is 0 Å². The Balaban J connectivity index is 1.96. The van der Waals surface area contributed by atoms with Gasteiger partial charge in [-0.05, 0) is 25.0 Å². The highest BCUT2D eigenvalue weighted by atomic mass is 16.4. The molecule has 7 nitrogen and oxygen atoms in total. The standard InChI is InChI=1S/C13H18N4O3/c18-12(19)11-6-2-1-3-8-17(11)13(20)14-9-10-5-4-7-15-16-10/h4-5,7,11H,1-3,6,8-9H2,(H,14,20)(H,18,19). The number of likely N-dealkylation sites (tertiary alicyclic amines) is 1. The average molecular weight is 278 g/mol. The minimum atomic E-state index is -0.943. The number of nitrogens with zero attached hydrogens (tertiary/aromatic N) is 3. The summed E-state index contributed by atoms with van der Waals surface area (Å²) in [5.74, 6) is -0.943. The normalized spacial score (nSPS) is 19.2. The fraction of sp³-hybridized carbons (Fsp3) is 0.538. The first-order valence-corrected chi connectivity index (χ1v) is 6.72. The number of carbonyl (C=O) groups excluding carboxylic acids is 1. The van der Waals surface area contributed by atoms with Gasteiger partial charge in [0, 0.05) is 12.7 Å². The first kappa shape index (κ1) is 14.2. The quantitative estimate of drug-likeness (QED) is 0.860. The summed E-state index contributed by atoms with van der Waals surface area (Å²) in [5, 5.41) is 19.5. The number of hydrogen-bond acceptors (Lipinski definition) is 4. The number of carboxylic acid groups (broad SMARTS) is 1. The first-order chi connectivity index (χ1) is 9.68. The minimum absolute atomic E-state index is 0.246. The zero-order valence-corrected chi connectivity index (χ0v) is 11.2. The molecule has 0 saturated carbocycles. The summed E-state index contributed by atoms with van der Waals surface area (Å²) < 4.78 is 0. The van der Waals surface area contributed by atoms with E-state index in [-0.39, 0.29) is 12.6 Å². The molecule has 0 spiro atoms. The molecule has 2 heterocycles. The van der Waals surface area contributed by atoms with E-state index in [1.165, 1.54) is 4.90 Å². The number of hydrogen-bond donors (Lipinski definition) is 2. The number of aromatic nitrogens is 2. The van der Waals surface area contributed by atoms with Gasteiger partial charge >= 0.3 is 12.0 Å². The maximum atomic E-state index is 12.1. The van der Waals surface area contributed by atoms with Crippen LogP contribution in [0.4, 0.5) is 4.79 Å². The van der Waals surface area contributed by atoms with Crippen LogP contribution >= 0.6 is 0 Å². The van der Waals surface area contributed by atoms with E-state index in [0.717, 1.165) is 19.3 Å². The van der Waals surface area contributed by atoms with Gasteiger partial charge in [0.2, 0.25) is 0 Å². The number of aliphatic carboxylic acids is 1. The Morgan fingerprint density at radius 2 is 2.25 bits per heavy atom. The summed E-state index contributed by atoms with van der Waals surface area (Å²) in [6.45, 7) is 0.721. The summed E-state index contributed by atoms with van der Waals surface area (Å²) in [4.78, 5) is 24.8.